The monoisotopic (exact) mass is 714 g/mol. The van der Waals surface area contributed by atoms with E-state index in [4.69, 9.17) is 28.9 Å². The Hall–Kier alpha value is -4.57. The fraction of sp³-hybridized carbons (Fsp3) is 0.290. The average Bonchev–Trinajstić information content (AvgIpc) is 3.75. The molecule has 14 nitrogen and oxygen atoms in total. The van der Waals surface area contributed by atoms with Crippen LogP contribution in [0.4, 0.5) is 16.4 Å². The van der Waals surface area contributed by atoms with Gasteiger partial charge in [-0.3, -0.25) is 14.2 Å². The Morgan fingerprint density at radius 1 is 1.04 bits per heavy atom. The number of carbonyl (C=O) groups excluding carboxylic acids is 2. The van der Waals surface area contributed by atoms with E-state index in [1.54, 1.807) is 45.5 Å². The summed E-state index contributed by atoms with van der Waals surface area (Å²) in [4.78, 5) is 51.1. The zero-order valence-electron chi connectivity index (χ0n) is 26.1. The number of halogens is 2. The molecule has 48 heavy (non-hydrogen) atoms. The molecule has 0 radical (unpaired) electrons. The van der Waals surface area contributed by atoms with Crippen LogP contribution in [0.3, 0.4) is 0 Å². The second kappa shape index (κ2) is 13.5. The average molecular weight is 716 g/mol. The van der Waals surface area contributed by atoms with Crippen LogP contribution < -0.4 is 10.6 Å². The summed E-state index contributed by atoms with van der Waals surface area (Å²) in [5.74, 6) is -1.61. The number of fused-ring (bicyclic) bond motifs is 1. The van der Waals surface area contributed by atoms with Crippen LogP contribution in [0.5, 0.6) is 0 Å². The van der Waals surface area contributed by atoms with Crippen molar-refractivity contribution in [3.05, 3.63) is 83.0 Å². The van der Waals surface area contributed by atoms with Gasteiger partial charge in [0.05, 0.1) is 11.9 Å². The number of aromatic nitrogens is 4. The molecule has 4 heterocycles. The molecule has 2 aromatic heterocycles. The first-order valence-corrected chi connectivity index (χ1v) is 16.8. The van der Waals surface area contributed by atoms with Gasteiger partial charge in [0.25, 0.3) is 15.9 Å². The van der Waals surface area contributed by atoms with E-state index in [-0.39, 0.29) is 40.4 Å². The number of hydrogen-bond acceptors (Lipinski definition) is 8. The molecule has 1 fully saturated rings. The highest BCUT2D eigenvalue weighted by atomic mass is 35.5. The number of carboxylic acid groups (broad SMARTS) is 1. The lowest BCUT2D eigenvalue weighted by Gasteiger charge is -2.28. The SMILES string of the molecule is CN(C)C(N)=O.C[C@@]1(Cc2ccc(-c3cncnc3)cc2)C(=O)N(c2cc(Cl)cc(Cl)c2)c2ncc(S(=O)(=O)N3CCC[C@H]3C(=O)O)n21. The van der Waals surface area contributed by atoms with Crippen LogP contribution in [-0.2, 0) is 31.6 Å². The van der Waals surface area contributed by atoms with Gasteiger partial charge in [-0.15, -0.1) is 0 Å². The van der Waals surface area contributed by atoms with E-state index >= 15 is 0 Å². The van der Waals surface area contributed by atoms with Crippen LogP contribution in [0, 0.1) is 0 Å². The predicted octanol–water partition coefficient (Wildman–Crippen LogP) is 4.15. The van der Waals surface area contributed by atoms with Gasteiger partial charge < -0.3 is 15.7 Å². The Balaban J connectivity index is 0.000000689. The molecule has 2 aromatic carbocycles. The van der Waals surface area contributed by atoms with Gasteiger partial charge in [-0.1, -0.05) is 47.5 Å². The number of benzene rings is 2. The van der Waals surface area contributed by atoms with Crippen molar-refractivity contribution in [1.29, 1.82) is 0 Å². The summed E-state index contributed by atoms with van der Waals surface area (Å²) >= 11 is 12.5. The number of urea groups is 1. The van der Waals surface area contributed by atoms with Gasteiger partial charge in [0.2, 0.25) is 5.95 Å². The van der Waals surface area contributed by atoms with Crippen LogP contribution in [-0.4, -0.2) is 86.8 Å². The Labute approximate surface area is 286 Å². The molecule has 2 aliphatic rings. The first-order chi connectivity index (χ1) is 22.6. The first kappa shape index (κ1) is 34.8. The maximum atomic E-state index is 14.3. The molecule has 3 amide bonds. The number of sulfonamides is 1. The lowest BCUT2D eigenvalue weighted by molar-refractivity contribution is -0.140. The Bertz CT molecular complexity index is 1950. The van der Waals surface area contributed by atoms with Crippen molar-refractivity contribution in [2.45, 2.75) is 42.8 Å². The van der Waals surface area contributed by atoms with Gasteiger partial charge in [0.1, 0.15) is 17.9 Å². The molecule has 2 atom stereocenters. The third-order valence-electron chi connectivity index (χ3n) is 8.07. The summed E-state index contributed by atoms with van der Waals surface area (Å²) in [5.41, 5.74) is 6.03. The number of anilines is 2. The van der Waals surface area contributed by atoms with Crippen LogP contribution >= 0.6 is 23.2 Å². The number of nitrogens with zero attached hydrogens (tertiary/aromatic N) is 7. The van der Waals surface area contributed by atoms with Crippen LogP contribution in [0.2, 0.25) is 10.0 Å². The third kappa shape index (κ3) is 6.58. The molecule has 3 N–H and O–H groups in total. The molecule has 252 valence electrons. The number of primary amides is 1. The molecule has 0 saturated carbocycles. The summed E-state index contributed by atoms with van der Waals surface area (Å²) in [5, 5.41) is 10.0. The summed E-state index contributed by atoms with van der Waals surface area (Å²) in [6.07, 6.45) is 6.70. The maximum absolute atomic E-state index is 14.3. The van der Waals surface area contributed by atoms with E-state index in [1.165, 1.54) is 33.0 Å². The van der Waals surface area contributed by atoms with E-state index < -0.39 is 39.5 Å². The van der Waals surface area contributed by atoms with Crippen molar-refractivity contribution in [1.82, 2.24) is 28.7 Å². The number of amides is 3. The predicted molar refractivity (Wildman–Crippen MR) is 178 cm³/mol. The number of carboxylic acids is 1. The van der Waals surface area contributed by atoms with E-state index in [1.807, 2.05) is 24.3 Å². The number of hydrogen-bond donors (Lipinski definition) is 2. The zero-order chi connectivity index (χ0) is 35.0. The van der Waals surface area contributed by atoms with E-state index in [0.29, 0.717) is 12.1 Å². The minimum absolute atomic E-state index is 0.0444. The molecule has 4 aromatic rings. The smallest absolute Gasteiger partial charge is 0.322 e. The van der Waals surface area contributed by atoms with Crippen LogP contribution in [0.1, 0.15) is 25.3 Å². The molecular formula is C31H32Cl2N8O6S. The van der Waals surface area contributed by atoms with Crippen molar-refractivity contribution in [3.63, 3.8) is 0 Å². The fourth-order valence-electron chi connectivity index (χ4n) is 5.67. The fourth-order valence-corrected chi connectivity index (χ4v) is 8.02. The molecule has 17 heteroatoms. The van der Waals surface area contributed by atoms with Gasteiger partial charge >= 0.3 is 12.0 Å². The van der Waals surface area contributed by atoms with E-state index in [2.05, 4.69) is 15.0 Å². The Morgan fingerprint density at radius 3 is 2.21 bits per heavy atom. The molecule has 1 saturated heterocycles. The van der Waals surface area contributed by atoms with Gasteiger partial charge in [-0.2, -0.15) is 4.31 Å². The van der Waals surface area contributed by atoms with Crippen molar-refractivity contribution in [2.75, 3.05) is 25.5 Å². The number of carbonyl (C=O) groups is 3. The van der Waals surface area contributed by atoms with Gasteiger partial charge in [-0.25, -0.2) is 33.1 Å². The molecule has 2 aliphatic heterocycles. The van der Waals surface area contributed by atoms with Crippen LogP contribution in [0.25, 0.3) is 11.1 Å². The lowest BCUT2D eigenvalue weighted by atomic mass is 9.91. The standard InChI is InChI=1S/C28H24Cl2N6O5S.C3H8N2O/c1-28(12-17-4-6-18(7-5-17)19-13-31-16-32-14-19)26(39)35(22-10-20(29)9-21(30)11-22)27-33-15-24(36(27)28)42(40,41)34-8-2-3-23(34)25(37)38;1-5(2)3(4)6/h4-7,9-11,13-16,23H,2-3,8,12H2,1H3,(H,37,38);1-2H3,(H2,4,6)/t23-,28+;/m0./s1. The molecule has 6 rings (SSSR count). The normalized spacial score (nSPS) is 19.1. The third-order valence-corrected chi connectivity index (χ3v) is 10.4. The molecule has 0 bridgehead atoms. The Morgan fingerprint density at radius 2 is 1.65 bits per heavy atom. The second-order valence-electron chi connectivity index (χ2n) is 11.6. The van der Waals surface area contributed by atoms with Gasteiger partial charge in [0.15, 0.2) is 5.03 Å². The number of nitrogens with two attached hydrogens (primary N) is 1. The highest BCUT2D eigenvalue weighted by molar-refractivity contribution is 7.89. The minimum atomic E-state index is -4.36. The van der Waals surface area contributed by atoms with Crippen molar-refractivity contribution in [3.8, 4) is 11.1 Å². The van der Waals surface area contributed by atoms with E-state index in [0.717, 1.165) is 21.0 Å². The summed E-state index contributed by atoms with van der Waals surface area (Å²) < 4.78 is 30.3. The molecule has 0 spiro atoms. The molecule has 0 unspecified atom stereocenters. The highest BCUT2D eigenvalue weighted by Gasteiger charge is 2.53. The number of aliphatic carboxylic acids is 1. The van der Waals surface area contributed by atoms with E-state index in [9.17, 15) is 27.9 Å². The summed E-state index contributed by atoms with van der Waals surface area (Å²) in [7, 11) is -1.16. The first-order valence-electron chi connectivity index (χ1n) is 14.6. The number of imidazole rings is 1. The van der Waals surface area contributed by atoms with Crippen molar-refractivity contribution in [2.24, 2.45) is 5.73 Å². The van der Waals surface area contributed by atoms with Crippen molar-refractivity contribution < 1.29 is 27.9 Å². The quantitative estimate of drug-likeness (QED) is 0.284. The van der Waals surface area contributed by atoms with Crippen LogP contribution in [0.15, 0.2) is 72.4 Å². The lowest BCUT2D eigenvalue weighted by Crippen LogP contribution is -2.45. The number of rotatable bonds is 7. The topological polar surface area (TPSA) is 185 Å². The van der Waals surface area contributed by atoms with Crippen molar-refractivity contribution >= 4 is 62.8 Å². The molecular weight excluding hydrogens is 683 g/mol. The maximum Gasteiger partial charge on any atom is 0.322 e. The zero-order valence-corrected chi connectivity index (χ0v) is 28.4. The summed E-state index contributed by atoms with van der Waals surface area (Å²) in [6, 6.07) is 10.4. The molecule has 0 aliphatic carbocycles. The largest absolute Gasteiger partial charge is 0.480 e. The summed E-state index contributed by atoms with van der Waals surface area (Å²) in [6.45, 7) is 1.69. The highest BCUT2D eigenvalue weighted by Crippen LogP contribution is 2.45. The van der Waals surface area contributed by atoms with Gasteiger partial charge in [-0.05, 0) is 49.1 Å². The Kier molecular flexibility index (Phi) is 9.78. The second-order valence-corrected chi connectivity index (χ2v) is 14.3. The minimum Gasteiger partial charge on any atom is -0.480 e. The van der Waals surface area contributed by atoms with Gasteiger partial charge in [0, 0.05) is 55.1 Å².